The molecular formula is C36H26ClF3N10O2. The van der Waals surface area contributed by atoms with Gasteiger partial charge < -0.3 is 9.30 Å². The maximum Gasteiger partial charge on any atom is 0.416 e. The smallest absolute Gasteiger partial charge is 0.416 e. The van der Waals surface area contributed by atoms with Crippen LogP contribution < -0.4 is 0 Å². The second kappa shape index (κ2) is 12.5. The van der Waals surface area contributed by atoms with Crippen molar-refractivity contribution in [2.45, 2.75) is 32.3 Å². The highest BCUT2D eigenvalue weighted by molar-refractivity contribution is 6.31. The summed E-state index contributed by atoms with van der Waals surface area (Å²) < 4.78 is 51.4. The van der Waals surface area contributed by atoms with Gasteiger partial charge in [-0.2, -0.15) is 28.0 Å². The molecule has 260 valence electrons. The zero-order valence-electron chi connectivity index (χ0n) is 27.4. The Kier molecular flexibility index (Phi) is 7.86. The van der Waals surface area contributed by atoms with Gasteiger partial charge >= 0.3 is 6.18 Å². The van der Waals surface area contributed by atoms with E-state index in [0.717, 1.165) is 28.6 Å². The van der Waals surface area contributed by atoms with E-state index in [-0.39, 0.29) is 18.3 Å². The second-order valence-electron chi connectivity index (χ2n) is 12.1. The molecule has 1 amide bonds. The molecule has 1 aliphatic heterocycles. The minimum absolute atomic E-state index is 0.147. The first-order valence-electron chi connectivity index (χ1n) is 15.9. The third-order valence-corrected chi connectivity index (χ3v) is 8.97. The fourth-order valence-electron chi connectivity index (χ4n) is 6.28. The van der Waals surface area contributed by atoms with Gasteiger partial charge in [0.2, 0.25) is 17.5 Å². The third-order valence-electron chi connectivity index (χ3n) is 8.73. The molecule has 1 aliphatic rings. The molecule has 0 aliphatic carbocycles. The zero-order chi connectivity index (χ0) is 36.2. The number of benzene rings is 3. The van der Waals surface area contributed by atoms with E-state index in [1.807, 2.05) is 53.2 Å². The van der Waals surface area contributed by atoms with E-state index in [1.54, 1.807) is 48.4 Å². The van der Waals surface area contributed by atoms with Crippen LogP contribution in [0.4, 0.5) is 13.2 Å². The number of hydrazone groups is 1. The highest BCUT2D eigenvalue weighted by Gasteiger charge is 2.44. The summed E-state index contributed by atoms with van der Waals surface area (Å²) in [5.41, 5.74) is 2.15. The maximum atomic E-state index is 13.4. The topological polar surface area (TPSA) is 121 Å². The molecule has 0 spiro atoms. The Hall–Kier alpha value is -6.35. The number of pyridine rings is 1. The second-order valence-corrected chi connectivity index (χ2v) is 12.5. The van der Waals surface area contributed by atoms with Crippen LogP contribution in [0.15, 0.2) is 115 Å². The van der Waals surface area contributed by atoms with Crippen molar-refractivity contribution < 1.29 is 22.7 Å². The lowest BCUT2D eigenvalue weighted by Crippen LogP contribution is -2.41. The van der Waals surface area contributed by atoms with E-state index in [4.69, 9.17) is 21.4 Å². The molecule has 0 bridgehead atoms. The number of hydrogen-bond acceptors (Lipinski definition) is 8. The summed E-state index contributed by atoms with van der Waals surface area (Å²) in [4.78, 5) is 16.9. The van der Waals surface area contributed by atoms with Crippen LogP contribution in [0.2, 0.25) is 5.02 Å². The molecule has 7 aromatic rings. The van der Waals surface area contributed by atoms with Gasteiger partial charge in [-0.15, -0.1) is 10.2 Å². The fourth-order valence-corrected chi connectivity index (χ4v) is 6.46. The molecule has 5 heterocycles. The predicted octanol–water partition coefficient (Wildman–Crippen LogP) is 7.27. The lowest BCUT2D eigenvalue weighted by molar-refractivity contribution is -0.146. The first kappa shape index (κ1) is 32.8. The van der Waals surface area contributed by atoms with Crippen molar-refractivity contribution in [1.29, 1.82) is 0 Å². The molecule has 16 heteroatoms. The maximum absolute atomic E-state index is 13.4. The average molecular weight is 723 g/mol. The lowest BCUT2D eigenvalue weighted by Gasteiger charge is -2.31. The summed E-state index contributed by atoms with van der Waals surface area (Å²) in [6, 6.07) is 22.9. The molecule has 0 fully saturated rings. The van der Waals surface area contributed by atoms with E-state index < -0.39 is 17.5 Å². The molecule has 1 atom stereocenters. The molecule has 4 aromatic heterocycles. The number of ether oxygens (including phenoxy) is 1. The van der Waals surface area contributed by atoms with Crippen LogP contribution >= 0.6 is 11.6 Å². The number of carbonyl (C=O) groups excluding carboxylic acids is 1. The predicted molar refractivity (Wildman–Crippen MR) is 185 cm³/mol. The van der Waals surface area contributed by atoms with Gasteiger partial charge in [0.25, 0.3) is 0 Å². The average Bonchev–Trinajstić information content (AvgIpc) is 3.93. The largest absolute Gasteiger partial charge is 0.446 e. The third kappa shape index (κ3) is 5.74. The molecular weight excluding hydrogens is 697 g/mol. The fraction of sp³-hybridized carbons (Fsp3) is 0.139. The highest BCUT2D eigenvalue weighted by Crippen LogP contribution is 2.40. The molecule has 0 radical (unpaired) electrons. The Labute approximate surface area is 298 Å². The molecule has 52 heavy (non-hydrogen) atoms. The van der Waals surface area contributed by atoms with Crippen LogP contribution in [0.3, 0.4) is 0 Å². The summed E-state index contributed by atoms with van der Waals surface area (Å²) in [5.74, 6) is 0.245. The van der Waals surface area contributed by atoms with Gasteiger partial charge in [-0.25, -0.2) is 4.68 Å². The molecule has 0 saturated carbocycles. The first-order valence-corrected chi connectivity index (χ1v) is 16.3. The summed E-state index contributed by atoms with van der Waals surface area (Å²) in [5, 5.41) is 24.4. The van der Waals surface area contributed by atoms with Crippen LogP contribution in [-0.4, -0.2) is 56.4 Å². The van der Waals surface area contributed by atoms with E-state index in [9.17, 15) is 18.0 Å². The molecule has 0 saturated heterocycles. The Morgan fingerprint density at radius 1 is 0.923 bits per heavy atom. The number of amides is 1. The van der Waals surface area contributed by atoms with Crippen LogP contribution in [0, 0.1) is 0 Å². The van der Waals surface area contributed by atoms with Gasteiger partial charge in [-0.1, -0.05) is 41.9 Å². The van der Waals surface area contributed by atoms with Crippen molar-refractivity contribution in [2.24, 2.45) is 5.10 Å². The number of nitrogens with zero attached hydrogens (tertiary/aromatic N) is 10. The lowest BCUT2D eigenvalue weighted by atomic mass is 10.0. The van der Waals surface area contributed by atoms with Crippen molar-refractivity contribution in [1.82, 2.24) is 44.5 Å². The quantitative estimate of drug-likeness (QED) is 0.170. The summed E-state index contributed by atoms with van der Waals surface area (Å²) in [6.07, 6.45) is 2.37. The van der Waals surface area contributed by atoms with Crippen LogP contribution in [0.25, 0.3) is 44.9 Å². The van der Waals surface area contributed by atoms with Crippen molar-refractivity contribution in [3.05, 3.63) is 126 Å². The number of hydrogen-bond donors (Lipinski definition) is 0. The summed E-state index contributed by atoms with van der Waals surface area (Å²) in [6.45, 7) is 3.37. The monoisotopic (exact) mass is 722 g/mol. The van der Waals surface area contributed by atoms with E-state index in [0.29, 0.717) is 39.1 Å². The van der Waals surface area contributed by atoms with Gasteiger partial charge in [0.1, 0.15) is 12.2 Å². The van der Waals surface area contributed by atoms with Gasteiger partial charge in [-0.3, -0.25) is 9.78 Å². The standard InChI is InChI=1S/C36H26ClF3N10O2/c1-22(51)50-35(2,23-6-4-3-5-7-23)52-32(43-50)21-47-19-29(28-18-25(37)10-13-31(28)47)33-30(20-48(44-33)26-14-16-41-17-15-26)34-42-45-46-49(34)27-11-8-24(9-12-27)36(38,39)40/h3-20H,21H2,1-2H3. The van der Waals surface area contributed by atoms with Crippen LogP contribution in [0.1, 0.15) is 25.0 Å². The minimum Gasteiger partial charge on any atom is -0.446 e. The van der Waals surface area contributed by atoms with Gasteiger partial charge in [0.05, 0.1) is 22.5 Å². The molecule has 1 unspecified atom stereocenters. The van der Waals surface area contributed by atoms with Crippen molar-refractivity contribution in [2.75, 3.05) is 0 Å². The summed E-state index contributed by atoms with van der Waals surface area (Å²) >= 11 is 6.56. The Bertz CT molecular complexity index is 2480. The van der Waals surface area contributed by atoms with E-state index in [2.05, 4.69) is 25.6 Å². The number of tetrazole rings is 1. The Morgan fingerprint density at radius 3 is 2.38 bits per heavy atom. The number of alkyl halides is 3. The molecule has 0 N–H and O–H groups in total. The van der Waals surface area contributed by atoms with E-state index in [1.165, 1.54) is 28.7 Å². The number of halogens is 4. The van der Waals surface area contributed by atoms with Crippen molar-refractivity contribution >= 4 is 34.3 Å². The van der Waals surface area contributed by atoms with Crippen molar-refractivity contribution in [3.8, 4) is 34.0 Å². The first-order chi connectivity index (χ1) is 25.0. The molecule has 12 nitrogen and oxygen atoms in total. The molecule has 3 aromatic carbocycles. The van der Waals surface area contributed by atoms with Crippen molar-refractivity contribution in [3.63, 3.8) is 0 Å². The van der Waals surface area contributed by atoms with Crippen LogP contribution in [-0.2, 0) is 28.0 Å². The van der Waals surface area contributed by atoms with E-state index >= 15 is 0 Å². The zero-order valence-corrected chi connectivity index (χ0v) is 28.2. The summed E-state index contributed by atoms with van der Waals surface area (Å²) in [7, 11) is 0. The Morgan fingerprint density at radius 2 is 1.67 bits per heavy atom. The highest BCUT2D eigenvalue weighted by atomic mass is 35.5. The molecule has 8 rings (SSSR count). The van der Waals surface area contributed by atoms with Gasteiger partial charge in [0.15, 0.2) is 5.82 Å². The normalized spacial score (nSPS) is 16.0. The Balaban J connectivity index is 1.26. The minimum atomic E-state index is -4.50. The number of rotatable bonds is 7. The SMILES string of the molecule is CC(=O)N1N=C(Cn2cc(-c3nn(-c4ccncc4)cc3-c3nnnn3-c3ccc(C(F)(F)F)cc3)c3cc(Cl)ccc32)OC1(C)c1ccccc1. The van der Waals surface area contributed by atoms with Crippen LogP contribution in [0.5, 0.6) is 0 Å². The number of carbonyl (C=O) groups is 1. The number of aromatic nitrogens is 8. The van der Waals surface area contributed by atoms with Gasteiger partial charge in [-0.05, 0) is 65.0 Å². The van der Waals surface area contributed by atoms with Gasteiger partial charge in [0, 0.05) is 65.7 Å². The number of fused-ring (bicyclic) bond motifs is 1.